The van der Waals surface area contributed by atoms with Crippen LogP contribution in [0.1, 0.15) is 57.3 Å². The van der Waals surface area contributed by atoms with E-state index >= 15 is 0 Å². The average Bonchev–Trinajstić information content (AvgIpc) is 3.14. The van der Waals surface area contributed by atoms with Crippen LogP contribution in [0.25, 0.3) is 11.0 Å². The third-order valence-electron chi connectivity index (χ3n) is 5.50. The van der Waals surface area contributed by atoms with E-state index < -0.39 is 0 Å². The molecule has 1 N–H and O–H groups in total. The van der Waals surface area contributed by atoms with Crippen LogP contribution >= 0.6 is 0 Å². The summed E-state index contributed by atoms with van der Waals surface area (Å²) in [5.41, 5.74) is 3.46. The zero-order chi connectivity index (χ0) is 22.8. The van der Waals surface area contributed by atoms with E-state index in [2.05, 4.69) is 60.1 Å². The first-order valence-corrected chi connectivity index (χ1v) is 11.7. The van der Waals surface area contributed by atoms with Crippen molar-refractivity contribution in [3.05, 3.63) is 72.1 Å². The van der Waals surface area contributed by atoms with Gasteiger partial charge in [0.2, 0.25) is 5.91 Å². The van der Waals surface area contributed by atoms with Gasteiger partial charge in [-0.2, -0.15) is 0 Å². The van der Waals surface area contributed by atoms with Crippen LogP contribution in [-0.2, 0) is 17.8 Å². The third-order valence-corrected chi connectivity index (χ3v) is 5.50. The van der Waals surface area contributed by atoms with Crippen LogP contribution in [0.4, 0.5) is 0 Å². The molecule has 0 saturated carbocycles. The first-order chi connectivity index (χ1) is 15.6. The summed E-state index contributed by atoms with van der Waals surface area (Å²) in [6, 6.07) is 16.6. The van der Waals surface area contributed by atoms with Crippen LogP contribution in [0.15, 0.2) is 60.7 Å². The molecule has 0 unspecified atom stereocenters. The van der Waals surface area contributed by atoms with Crippen molar-refractivity contribution in [2.24, 2.45) is 0 Å². The largest absolute Gasteiger partial charge is 0.493 e. The summed E-state index contributed by atoms with van der Waals surface area (Å²) in [4.78, 5) is 16.4. The molecule has 0 spiro atoms. The van der Waals surface area contributed by atoms with Crippen LogP contribution in [0.3, 0.4) is 0 Å². The molecule has 0 bridgehead atoms. The maximum Gasteiger partial charge on any atom is 0.243 e. The van der Waals surface area contributed by atoms with Gasteiger partial charge in [0.05, 0.1) is 17.6 Å². The van der Waals surface area contributed by atoms with Gasteiger partial charge in [0.25, 0.3) is 0 Å². The van der Waals surface area contributed by atoms with E-state index in [1.54, 1.807) is 12.2 Å². The smallest absolute Gasteiger partial charge is 0.243 e. The van der Waals surface area contributed by atoms with E-state index in [1.807, 2.05) is 19.1 Å². The first kappa shape index (κ1) is 23.6. The second-order valence-corrected chi connectivity index (χ2v) is 8.31. The topological polar surface area (TPSA) is 56.2 Å². The van der Waals surface area contributed by atoms with Crippen molar-refractivity contribution in [1.29, 1.82) is 0 Å². The average molecular weight is 434 g/mol. The lowest BCUT2D eigenvalue weighted by atomic mass is 10.0. The summed E-state index contributed by atoms with van der Waals surface area (Å²) in [6.45, 7) is 8.50. The fourth-order valence-electron chi connectivity index (χ4n) is 3.88. The number of unbranched alkanes of at least 4 members (excludes halogenated alkanes) is 1. The number of amides is 1. The lowest BCUT2D eigenvalue weighted by Gasteiger charge is -2.14. The highest BCUT2D eigenvalue weighted by atomic mass is 16.5. The highest BCUT2D eigenvalue weighted by Gasteiger charge is 2.11. The van der Waals surface area contributed by atoms with Gasteiger partial charge in [-0.25, -0.2) is 4.98 Å². The number of carbonyl (C=O) groups is 1. The van der Waals surface area contributed by atoms with Crippen molar-refractivity contribution >= 4 is 16.9 Å². The quantitative estimate of drug-likeness (QED) is 0.297. The number of benzene rings is 2. The van der Waals surface area contributed by atoms with Gasteiger partial charge in [-0.3, -0.25) is 4.79 Å². The zero-order valence-electron chi connectivity index (χ0n) is 19.5. The number of carbonyl (C=O) groups excluding carboxylic acids is 1. The van der Waals surface area contributed by atoms with E-state index in [1.165, 1.54) is 11.1 Å². The van der Waals surface area contributed by atoms with E-state index in [0.29, 0.717) is 19.1 Å². The molecule has 0 aliphatic carbocycles. The first-order valence-electron chi connectivity index (χ1n) is 11.7. The Labute approximate surface area is 191 Å². The predicted molar refractivity (Wildman–Crippen MR) is 131 cm³/mol. The molecule has 1 heterocycles. The van der Waals surface area contributed by atoms with Gasteiger partial charge in [-0.05, 0) is 61.9 Å². The van der Waals surface area contributed by atoms with Crippen molar-refractivity contribution < 1.29 is 9.53 Å². The maximum atomic E-state index is 11.6. The van der Waals surface area contributed by atoms with Gasteiger partial charge in [-0.1, -0.05) is 50.3 Å². The number of aromatic nitrogens is 2. The number of hydrogen-bond acceptors (Lipinski definition) is 3. The number of fused-ring (bicyclic) bond motifs is 1. The Morgan fingerprint density at radius 3 is 2.69 bits per heavy atom. The van der Waals surface area contributed by atoms with Crippen LogP contribution in [0.2, 0.25) is 0 Å². The molecule has 5 nitrogen and oxygen atoms in total. The number of nitrogens with zero attached hydrogens (tertiary/aromatic N) is 2. The molecule has 5 heteroatoms. The number of nitrogens with one attached hydrogen (secondary N) is 1. The van der Waals surface area contributed by atoms with Crippen molar-refractivity contribution in [2.75, 3.05) is 13.2 Å². The molecule has 170 valence electrons. The predicted octanol–water partition coefficient (Wildman–Crippen LogP) is 5.64. The van der Waals surface area contributed by atoms with Crippen LogP contribution in [-0.4, -0.2) is 28.6 Å². The number of rotatable bonds is 12. The third kappa shape index (κ3) is 6.46. The van der Waals surface area contributed by atoms with Crippen LogP contribution in [0.5, 0.6) is 5.75 Å². The molecule has 0 aliphatic heterocycles. The van der Waals surface area contributed by atoms with Gasteiger partial charge in [-0.15, -0.1) is 0 Å². The van der Waals surface area contributed by atoms with E-state index in [9.17, 15) is 4.79 Å². The fourth-order valence-corrected chi connectivity index (χ4v) is 3.88. The molecular weight excluding hydrogens is 398 g/mol. The minimum Gasteiger partial charge on any atom is -0.493 e. The molecule has 0 atom stereocenters. The Balaban J connectivity index is 1.54. The molecule has 0 radical (unpaired) electrons. The van der Waals surface area contributed by atoms with Crippen LogP contribution < -0.4 is 10.1 Å². The number of aryl methyl sites for hydroxylation is 2. The summed E-state index contributed by atoms with van der Waals surface area (Å²) < 4.78 is 8.41. The molecule has 2 aromatic carbocycles. The number of hydrogen-bond donors (Lipinski definition) is 1. The number of allylic oxidation sites excluding steroid dienone is 1. The second kappa shape index (κ2) is 12.1. The van der Waals surface area contributed by atoms with E-state index in [-0.39, 0.29) is 5.91 Å². The van der Waals surface area contributed by atoms with Gasteiger partial charge in [0, 0.05) is 19.5 Å². The van der Waals surface area contributed by atoms with Gasteiger partial charge >= 0.3 is 0 Å². The summed E-state index contributed by atoms with van der Waals surface area (Å²) in [7, 11) is 0. The summed E-state index contributed by atoms with van der Waals surface area (Å²) >= 11 is 0. The van der Waals surface area contributed by atoms with Crippen molar-refractivity contribution in [2.45, 2.75) is 58.9 Å². The molecule has 3 rings (SSSR count). The zero-order valence-corrected chi connectivity index (χ0v) is 19.5. The Kier molecular flexibility index (Phi) is 8.90. The lowest BCUT2D eigenvalue weighted by molar-refractivity contribution is -0.116. The molecule has 1 aromatic heterocycles. The molecule has 32 heavy (non-hydrogen) atoms. The van der Waals surface area contributed by atoms with E-state index in [4.69, 9.17) is 9.72 Å². The Bertz CT molecular complexity index is 1040. The lowest BCUT2D eigenvalue weighted by Crippen LogP contribution is -2.22. The Morgan fingerprint density at radius 2 is 1.88 bits per heavy atom. The van der Waals surface area contributed by atoms with Crippen molar-refractivity contribution in [1.82, 2.24) is 14.9 Å². The van der Waals surface area contributed by atoms with Gasteiger partial charge < -0.3 is 14.6 Å². The highest BCUT2D eigenvalue weighted by Crippen LogP contribution is 2.26. The van der Waals surface area contributed by atoms with Crippen molar-refractivity contribution in [3.63, 3.8) is 0 Å². The second-order valence-electron chi connectivity index (χ2n) is 8.31. The SMILES string of the molecule is C/C=C\C(=O)NCCCc1nc2ccccc2n1CCCCOc1ccccc1C(C)C. The molecule has 0 saturated heterocycles. The monoisotopic (exact) mass is 433 g/mol. The molecule has 0 aliphatic rings. The maximum absolute atomic E-state index is 11.6. The molecule has 1 amide bonds. The summed E-state index contributed by atoms with van der Waals surface area (Å²) in [6.07, 6.45) is 7.01. The van der Waals surface area contributed by atoms with Crippen molar-refractivity contribution in [3.8, 4) is 5.75 Å². The Hall–Kier alpha value is -3.08. The normalized spacial score (nSPS) is 11.5. The molecule has 3 aromatic rings. The minimum atomic E-state index is -0.0416. The fraction of sp³-hybridized carbons (Fsp3) is 0.407. The highest BCUT2D eigenvalue weighted by molar-refractivity contribution is 5.87. The molecular formula is C27H35N3O2. The summed E-state index contributed by atoms with van der Waals surface area (Å²) in [5, 5.41) is 2.92. The standard InChI is InChI=1S/C27H35N3O2/c1-4-12-27(31)28-18-11-17-26-29-23-14-6-7-15-24(23)30(26)19-9-10-20-32-25-16-8-5-13-22(25)21(2)3/h4-8,12-16,21H,9-11,17-20H2,1-3H3,(H,28,31)/b12-4-. The molecule has 0 fully saturated rings. The van der Waals surface area contributed by atoms with Gasteiger partial charge in [0.1, 0.15) is 11.6 Å². The minimum absolute atomic E-state index is 0.0416. The number of imidazole rings is 1. The number of para-hydroxylation sites is 3. The summed E-state index contributed by atoms with van der Waals surface area (Å²) in [5.74, 6) is 2.49. The van der Waals surface area contributed by atoms with Gasteiger partial charge in [0.15, 0.2) is 0 Å². The Morgan fingerprint density at radius 1 is 1.09 bits per heavy atom. The number of ether oxygens (including phenoxy) is 1. The van der Waals surface area contributed by atoms with E-state index in [0.717, 1.165) is 49.3 Å². The van der Waals surface area contributed by atoms with Crippen LogP contribution in [0, 0.1) is 0 Å².